The number of hydrogen-bond donors (Lipinski definition) is 1. The van der Waals surface area contributed by atoms with E-state index in [1.54, 1.807) is 30.3 Å². The van der Waals surface area contributed by atoms with Crippen LogP contribution in [0.25, 0.3) is 17.4 Å². The second kappa shape index (κ2) is 7.94. The fourth-order valence-electron chi connectivity index (χ4n) is 2.29. The molecule has 11 heteroatoms. The molecular weight excluding hydrogens is 453 g/mol. The Morgan fingerprint density at radius 2 is 2.00 bits per heavy atom. The van der Waals surface area contributed by atoms with Crippen molar-refractivity contribution in [1.29, 1.82) is 0 Å². The fourth-order valence-corrected chi connectivity index (χ4v) is 4.37. The number of nitrogens with zero attached hydrogens (tertiary/aromatic N) is 1. The minimum atomic E-state index is -4.19. The van der Waals surface area contributed by atoms with Crippen molar-refractivity contribution in [3.05, 3.63) is 51.0 Å². The molecule has 2 heterocycles. The smallest absolute Gasteiger partial charge is 0.266 e. The summed E-state index contributed by atoms with van der Waals surface area (Å²) in [5.74, 6) is -0.162. The molecule has 0 saturated carbocycles. The van der Waals surface area contributed by atoms with Gasteiger partial charge in [0, 0.05) is 23.2 Å². The lowest BCUT2D eigenvalue weighted by atomic mass is 10.2. The summed E-state index contributed by atoms with van der Waals surface area (Å²) in [6.45, 7) is -0.220. The zero-order valence-electron chi connectivity index (χ0n) is 13.4. The normalized spacial score (nSPS) is 16.6. The number of halogens is 2. The highest BCUT2D eigenvalue weighted by atomic mass is 35.5. The number of thioether (sulfide) groups is 1. The summed E-state index contributed by atoms with van der Waals surface area (Å²) in [5, 5.41) is 0.976. The highest BCUT2D eigenvalue weighted by Crippen LogP contribution is 2.35. The Labute approximate surface area is 174 Å². The predicted octanol–water partition coefficient (Wildman–Crippen LogP) is 4.34. The average Bonchev–Trinajstić information content (AvgIpc) is 3.13. The number of benzene rings is 1. The lowest BCUT2D eigenvalue weighted by Gasteiger charge is -2.12. The van der Waals surface area contributed by atoms with Gasteiger partial charge in [-0.15, -0.1) is 0 Å². The van der Waals surface area contributed by atoms with Gasteiger partial charge in [0.05, 0.1) is 15.7 Å². The number of carbonyl (C=O) groups excluding carboxylic acids is 1. The summed E-state index contributed by atoms with van der Waals surface area (Å²) >= 11 is 18.3. The van der Waals surface area contributed by atoms with Crippen molar-refractivity contribution in [2.24, 2.45) is 0 Å². The molecule has 2 aromatic rings. The molecule has 3 rings (SSSR count). The highest BCUT2D eigenvalue weighted by molar-refractivity contribution is 8.26. The number of carbonyl (C=O) groups is 1. The van der Waals surface area contributed by atoms with E-state index in [1.807, 2.05) is 0 Å². The molecule has 1 saturated heterocycles. The van der Waals surface area contributed by atoms with E-state index >= 15 is 0 Å². The van der Waals surface area contributed by atoms with Crippen LogP contribution in [-0.2, 0) is 14.9 Å². The summed E-state index contributed by atoms with van der Waals surface area (Å²) in [4.78, 5) is 13.8. The minimum Gasteiger partial charge on any atom is -0.457 e. The van der Waals surface area contributed by atoms with E-state index < -0.39 is 21.8 Å². The minimum absolute atomic E-state index is 0.208. The molecule has 1 N–H and O–H groups in total. The van der Waals surface area contributed by atoms with Crippen molar-refractivity contribution in [2.75, 3.05) is 12.3 Å². The monoisotopic (exact) mass is 463 g/mol. The van der Waals surface area contributed by atoms with E-state index in [2.05, 4.69) is 0 Å². The second-order valence-corrected chi connectivity index (χ2v) is 9.54. The van der Waals surface area contributed by atoms with Gasteiger partial charge in [0.2, 0.25) is 0 Å². The Morgan fingerprint density at radius 1 is 1.26 bits per heavy atom. The SMILES string of the molecule is O=C1C(=Cc2ccc(-c3cc(Cl)ccc3Cl)o2)SC(=S)N1CCS(=O)(=O)O. The van der Waals surface area contributed by atoms with Crippen molar-refractivity contribution < 1.29 is 22.2 Å². The van der Waals surface area contributed by atoms with Crippen LogP contribution in [0.4, 0.5) is 0 Å². The molecule has 0 radical (unpaired) electrons. The highest BCUT2D eigenvalue weighted by Gasteiger charge is 2.32. The first-order valence-electron chi connectivity index (χ1n) is 7.40. The third-order valence-electron chi connectivity index (χ3n) is 3.54. The first kappa shape index (κ1) is 20.4. The zero-order valence-corrected chi connectivity index (χ0v) is 17.3. The number of hydrogen-bond acceptors (Lipinski definition) is 6. The maximum Gasteiger partial charge on any atom is 0.266 e. The molecule has 1 fully saturated rings. The number of furan rings is 1. The Kier molecular flexibility index (Phi) is 5.99. The quantitative estimate of drug-likeness (QED) is 0.400. The predicted molar refractivity (Wildman–Crippen MR) is 110 cm³/mol. The molecule has 1 aromatic heterocycles. The van der Waals surface area contributed by atoms with Crippen molar-refractivity contribution in [3.8, 4) is 11.3 Å². The van der Waals surface area contributed by atoms with Crippen molar-refractivity contribution in [1.82, 2.24) is 4.90 Å². The van der Waals surface area contributed by atoms with Crippen LogP contribution in [0, 0.1) is 0 Å². The van der Waals surface area contributed by atoms with Gasteiger partial charge in [-0.05, 0) is 30.3 Å². The Morgan fingerprint density at radius 3 is 2.70 bits per heavy atom. The van der Waals surface area contributed by atoms with Crippen LogP contribution in [0.2, 0.25) is 10.0 Å². The summed E-state index contributed by atoms with van der Waals surface area (Å²) < 4.78 is 36.5. The van der Waals surface area contributed by atoms with Crippen molar-refractivity contribution >= 4 is 73.6 Å². The Hall–Kier alpha value is -1.36. The van der Waals surface area contributed by atoms with E-state index in [1.165, 1.54) is 6.08 Å². The molecule has 1 amide bonds. The van der Waals surface area contributed by atoms with Crippen molar-refractivity contribution in [2.45, 2.75) is 0 Å². The molecular formula is C16H11Cl2NO5S3. The molecule has 0 unspecified atom stereocenters. The number of thiocarbonyl (C=S) groups is 1. The van der Waals surface area contributed by atoms with E-state index in [9.17, 15) is 13.2 Å². The van der Waals surface area contributed by atoms with Crippen LogP contribution >= 0.6 is 47.2 Å². The van der Waals surface area contributed by atoms with Gasteiger partial charge in [-0.3, -0.25) is 14.2 Å². The zero-order chi connectivity index (χ0) is 19.8. The maximum atomic E-state index is 12.4. The van der Waals surface area contributed by atoms with Gasteiger partial charge in [-0.1, -0.05) is 47.2 Å². The van der Waals surface area contributed by atoms with Crippen LogP contribution < -0.4 is 0 Å². The van der Waals surface area contributed by atoms with E-state index in [4.69, 9.17) is 44.4 Å². The molecule has 0 atom stereocenters. The van der Waals surface area contributed by atoms with Crippen LogP contribution in [0.5, 0.6) is 0 Å². The number of rotatable bonds is 5. The summed E-state index contributed by atoms with van der Waals surface area (Å²) in [7, 11) is -4.19. The number of amides is 1. The Bertz CT molecular complexity index is 1060. The van der Waals surface area contributed by atoms with Crippen molar-refractivity contribution in [3.63, 3.8) is 0 Å². The van der Waals surface area contributed by atoms with Crippen LogP contribution in [0.15, 0.2) is 39.7 Å². The standard InChI is InChI=1S/C16H11Cl2NO5S3/c17-9-1-3-12(18)11(7-9)13-4-2-10(24-13)8-14-15(20)19(16(25)26-14)5-6-27(21,22)23/h1-4,7-8H,5-6H2,(H,21,22,23). The van der Waals surface area contributed by atoms with E-state index in [0.717, 1.165) is 16.7 Å². The van der Waals surface area contributed by atoms with Crippen LogP contribution in [0.1, 0.15) is 5.76 Å². The van der Waals surface area contributed by atoms with Crippen LogP contribution in [0.3, 0.4) is 0 Å². The molecule has 27 heavy (non-hydrogen) atoms. The van der Waals surface area contributed by atoms with Gasteiger partial charge < -0.3 is 4.42 Å². The lowest BCUT2D eigenvalue weighted by Crippen LogP contribution is -2.32. The summed E-state index contributed by atoms with van der Waals surface area (Å²) in [6.07, 6.45) is 1.51. The first-order valence-corrected chi connectivity index (χ1v) is 11.0. The van der Waals surface area contributed by atoms with Gasteiger partial charge in [0.25, 0.3) is 16.0 Å². The second-order valence-electron chi connectivity index (χ2n) is 5.45. The first-order chi connectivity index (χ1) is 12.6. The molecule has 1 aromatic carbocycles. The Balaban J connectivity index is 1.82. The van der Waals surface area contributed by atoms with Gasteiger partial charge in [0.15, 0.2) is 0 Å². The van der Waals surface area contributed by atoms with Gasteiger partial charge in [-0.2, -0.15) is 8.42 Å². The largest absolute Gasteiger partial charge is 0.457 e. The topological polar surface area (TPSA) is 87.8 Å². The fraction of sp³-hybridized carbons (Fsp3) is 0.125. The molecule has 0 spiro atoms. The third-order valence-corrected chi connectivity index (χ3v) is 6.18. The summed E-state index contributed by atoms with van der Waals surface area (Å²) in [6, 6.07) is 8.35. The van der Waals surface area contributed by atoms with Gasteiger partial charge in [0.1, 0.15) is 15.8 Å². The average molecular weight is 464 g/mol. The third kappa shape index (κ3) is 4.92. The molecule has 6 nitrogen and oxygen atoms in total. The van der Waals surface area contributed by atoms with E-state index in [0.29, 0.717) is 27.1 Å². The van der Waals surface area contributed by atoms with Gasteiger partial charge >= 0.3 is 0 Å². The van der Waals surface area contributed by atoms with Crippen LogP contribution in [-0.4, -0.2) is 40.4 Å². The molecule has 1 aliphatic rings. The summed E-state index contributed by atoms with van der Waals surface area (Å²) in [5.41, 5.74) is 0.615. The van der Waals surface area contributed by atoms with Gasteiger partial charge in [-0.25, -0.2) is 0 Å². The molecule has 0 bridgehead atoms. The molecule has 142 valence electrons. The molecule has 1 aliphatic heterocycles. The lowest BCUT2D eigenvalue weighted by molar-refractivity contribution is -0.121. The maximum absolute atomic E-state index is 12.4. The van der Waals surface area contributed by atoms with E-state index in [-0.39, 0.29) is 15.8 Å². The molecule has 0 aliphatic carbocycles.